The zero-order valence-corrected chi connectivity index (χ0v) is 10.0. The lowest BCUT2D eigenvalue weighted by atomic mass is 9.79. The zero-order chi connectivity index (χ0) is 14.9. The number of benzene rings is 2. The molecular formula is C13H9BF4O2. The van der Waals surface area contributed by atoms with Crippen LogP contribution in [0.25, 0.3) is 11.1 Å². The Balaban J connectivity index is 2.41. The Kier molecular flexibility index (Phi) is 3.83. The van der Waals surface area contributed by atoms with Gasteiger partial charge in [-0.1, -0.05) is 18.2 Å². The second-order valence-electron chi connectivity index (χ2n) is 4.22. The Morgan fingerprint density at radius 1 is 0.850 bits per heavy atom. The van der Waals surface area contributed by atoms with Gasteiger partial charge in [0.1, 0.15) is 5.82 Å². The van der Waals surface area contributed by atoms with E-state index in [4.69, 9.17) is 10.0 Å². The van der Waals surface area contributed by atoms with Gasteiger partial charge in [0.25, 0.3) is 0 Å². The van der Waals surface area contributed by atoms with Gasteiger partial charge in [0.05, 0.1) is 5.56 Å². The third kappa shape index (κ3) is 3.18. The Labute approximate surface area is 112 Å². The van der Waals surface area contributed by atoms with E-state index in [1.807, 2.05) is 0 Å². The lowest BCUT2D eigenvalue weighted by Gasteiger charge is -2.09. The predicted molar refractivity (Wildman–Crippen MR) is 66.7 cm³/mol. The van der Waals surface area contributed by atoms with Crippen LogP contribution in [0, 0.1) is 5.82 Å². The van der Waals surface area contributed by atoms with E-state index >= 15 is 0 Å². The summed E-state index contributed by atoms with van der Waals surface area (Å²) in [7, 11) is -1.85. The van der Waals surface area contributed by atoms with E-state index in [-0.39, 0.29) is 11.0 Å². The first-order chi connectivity index (χ1) is 9.27. The molecule has 0 atom stereocenters. The summed E-state index contributed by atoms with van der Waals surface area (Å²) < 4.78 is 50.6. The van der Waals surface area contributed by atoms with E-state index in [1.54, 1.807) is 0 Å². The van der Waals surface area contributed by atoms with E-state index in [9.17, 15) is 17.6 Å². The second kappa shape index (κ2) is 5.26. The molecular weight excluding hydrogens is 275 g/mol. The van der Waals surface area contributed by atoms with Crippen LogP contribution >= 0.6 is 0 Å². The van der Waals surface area contributed by atoms with Crippen LogP contribution < -0.4 is 5.46 Å². The quantitative estimate of drug-likeness (QED) is 0.655. The first-order valence-corrected chi connectivity index (χ1v) is 5.61. The summed E-state index contributed by atoms with van der Waals surface area (Å²) in [5, 5.41) is 18.0. The van der Waals surface area contributed by atoms with Gasteiger partial charge in [0.15, 0.2) is 0 Å². The molecule has 2 nitrogen and oxygen atoms in total. The van der Waals surface area contributed by atoms with Crippen molar-refractivity contribution in [1.29, 1.82) is 0 Å². The monoisotopic (exact) mass is 284 g/mol. The molecule has 2 N–H and O–H groups in total. The van der Waals surface area contributed by atoms with Crippen molar-refractivity contribution >= 4 is 12.6 Å². The number of hydrogen-bond donors (Lipinski definition) is 2. The second-order valence-corrected chi connectivity index (χ2v) is 4.22. The molecule has 0 aliphatic heterocycles. The molecule has 0 heterocycles. The molecule has 20 heavy (non-hydrogen) atoms. The predicted octanol–water partition coefficient (Wildman–Crippen LogP) is 2.19. The molecule has 0 aliphatic carbocycles. The smallest absolute Gasteiger partial charge is 0.423 e. The maximum Gasteiger partial charge on any atom is 0.488 e. The molecule has 7 heteroatoms. The molecule has 0 spiro atoms. The maximum absolute atomic E-state index is 13.3. The minimum atomic E-state index is -4.44. The number of hydrogen-bond acceptors (Lipinski definition) is 2. The molecule has 2 rings (SSSR count). The highest BCUT2D eigenvalue weighted by Crippen LogP contribution is 2.30. The fraction of sp³-hybridized carbons (Fsp3) is 0.0769. The van der Waals surface area contributed by atoms with E-state index in [0.717, 1.165) is 24.3 Å². The first kappa shape index (κ1) is 14.6. The van der Waals surface area contributed by atoms with Crippen molar-refractivity contribution in [2.45, 2.75) is 6.18 Å². The molecule has 0 aliphatic rings. The molecule has 0 radical (unpaired) electrons. The summed E-state index contributed by atoms with van der Waals surface area (Å²) in [6.07, 6.45) is -4.44. The summed E-state index contributed by atoms with van der Waals surface area (Å²) in [6.45, 7) is 0. The number of halogens is 4. The van der Waals surface area contributed by atoms with Crippen LogP contribution in [0.1, 0.15) is 5.56 Å². The molecule has 2 aromatic carbocycles. The van der Waals surface area contributed by atoms with Gasteiger partial charge < -0.3 is 10.0 Å². The Hall–Kier alpha value is -1.86. The van der Waals surface area contributed by atoms with E-state index < -0.39 is 24.7 Å². The summed E-state index contributed by atoms with van der Waals surface area (Å²) in [5.41, 5.74) is -0.263. The van der Waals surface area contributed by atoms with Crippen LogP contribution in [0.3, 0.4) is 0 Å². The molecule has 0 unspecified atom stereocenters. The molecule has 0 saturated carbocycles. The standard InChI is InChI=1S/C13H9BF4O2/c15-12-6-9(5-11(7-12)14(19)20)8-1-3-10(4-2-8)13(16,17)18/h1-7,19-20H. The fourth-order valence-electron chi connectivity index (χ4n) is 1.78. The summed E-state index contributed by atoms with van der Waals surface area (Å²) in [6, 6.07) is 7.52. The van der Waals surface area contributed by atoms with E-state index in [2.05, 4.69) is 0 Å². The molecule has 0 aromatic heterocycles. The highest BCUT2D eigenvalue weighted by atomic mass is 19.4. The Morgan fingerprint density at radius 2 is 1.45 bits per heavy atom. The van der Waals surface area contributed by atoms with Crippen molar-refractivity contribution in [2.75, 3.05) is 0 Å². The van der Waals surface area contributed by atoms with Crippen molar-refractivity contribution < 1.29 is 27.6 Å². The van der Waals surface area contributed by atoms with Gasteiger partial charge in [0.2, 0.25) is 0 Å². The lowest BCUT2D eigenvalue weighted by Crippen LogP contribution is -2.30. The largest absolute Gasteiger partial charge is 0.488 e. The fourth-order valence-corrected chi connectivity index (χ4v) is 1.78. The average Bonchev–Trinajstić information content (AvgIpc) is 2.37. The minimum Gasteiger partial charge on any atom is -0.423 e. The molecule has 0 bridgehead atoms. The van der Waals surface area contributed by atoms with Crippen molar-refractivity contribution in [3.63, 3.8) is 0 Å². The minimum absolute atomic E-state index is 0.0695. The van der Waals surface area contributed by atoms with Gasteiger partial charge in [-0.15, -0.1) is 0 Å². The highest BCUT2D eigenvalue weighted by Gasteiger charge is 2.30. The van der Waals surface area contributed by atoms with Crippen LogP contribution in [0.15, 0.2) is 42.5 Å². The lowest BCUT2D eigenvalue weighted by molar-refractivity contribution is -0.137. The third-order valence-electron chi connectivity index (χ3n) is 2.76. The van der Waals surface area contributed by atoms with Crippen LogP contribution in [0.4, 0.5) is 17.6 Å². The number of alkyl halides is 3. The van der Waals surface area contributed by atoms with Crippen LogP contribution in [0.5, 0.6) is 0 Å². The van der Waals surface area contributed by atoms with Crippen molar-refractivity contribution in [1.82, 2.24) is 0 Å². The topological polar surface area (TPSA) is 40.5 Å². The third-order valence-corrected chi connectivity index (χ3v) is 2.76. The molecule has 0 saturated heterocycles. The van der Waals surface area contributed by atoms with Gasteiger partial charge in [-0.05, 0) is 40.9 Å². The van der Waals surface area contributed by atoms with E-state index in [0.29, 0.717) is 5.56 Å². The summed E-state index contributed by atoms with van der Waals surface area (Å²) in [5.74, 6) is -0.703. The zero-order valence-electron chi connectivity index (χ0n) is 10.0. The maximum atomic E-state index is 13.3. The van der Waals surface area contributed by atoms with Gasteiger partial charge in [0, 0.05) is 0 Å². The molecule has 2 aromatic rings. The average molecular weight is 284 g/mol. The molecule has 0 fully saturated rings. The van der Waals surface area contributed by atoms with Crippen LogP contribution in [-0.2, 0) is 6.18 Å². The Bertz CT molecular complexity index is 609. The summed E-state index contributed by atoms with van der Waals surface area (Å²) >= 11 is 0. The summed E-state index contributed by atoms with van der Waals surface area (Å²) in [4.78, 5) is 0. The SMILES string of the molecule is OB(O)c1cc(F)cc(-c2ccc(C(F)(F)F)cc2)c1. The van der Waals surface area contributed by atoms with Crippen molar-refractivity contribution in [2.24, 2.45) is 0 Å². The van der Waals surface area contributed by atoms with Gasteiger partial charge >= 0.3 is 13.3 Å². The van der Waals surface area contributed by atoms with Crippen LogP contribution in [-0.4, -0.2) is 17.2 Å². The van der Waals surface area contributed by atoms with Crippen molar-refractivity contribution in [3.05, 3.63) is 53.8 Å². The van der Waals surface area contributed by atoms with Crippen LogP contribution in [0.2, 0.25) is 0 Å². The Morgan fingerprint density at radius 3 is 1.95 bits per heavy atom. The molecule has 104 valence electrons. The van der Waals surface area contributed by atoms with Gasteiger partial charge in [-0.25, -0.2) is 4.39 Å². The highest BCUT2D eigenvalue weighted by molar-refractivity contribution is 6.58. The van der Waals surface area contributed by atoms with Gasteiger partial charge in [-0.2, -0.15) is 13.2 Å². The van der Waals surface area contributed by atoms with Crippen molar-refractivity contribution in [3.8, 4) is 11.1 Å². The molecule has 0 amide bonds. The number of rotatable bonds is 2. The normalized spacial score (nSPS) is 11.5. The first-order valence-electron chi connectivity index (χ1n) is 5.61. The van der Waals surface area contributed by atoms with E-state index in [1.165, 1.54) is 18.2 Å². The van der Waals surface area contributed by atoms with Gasteiger partial charge in [-0.3, -0.25) is 0 Å².